The van der Waals surface area contributed by atoms with Crippen molar-refractivity contribution < 1.29 is 13.2 Å². The fourth-order valence-electron chi connectivity index (χ4n) is 2.97. The van der Waals surface area contributed by atoms with Crippen LogP contribution in [0.3, 0.4) is 0 Å². The van der Waals surface area contributed by atoms with E-state index in [1.165, 1.54) is 42.7 Å². The van der Waals surface area contributed by atoms with Crippen LogP contribution in [0.5, 0.6) is 0 Å². The minimum Gasteiger partial charge on any atom is -0.351 e. The number of sulfonamides is 1. The maximum Gasteiger partial charge on any atom is 0.252 e. The SMILES string of the molecule is CN(C)S(=O)(=O)c1ccc(Cl)c(C(=O)NCCN2CCc3sccc3C2)c1. The van der Waals surface area contributed by atoms with Crippen molar-refractivity contribution >= 4 is 38.9 Å². The number of halogens is 1. The molecule has 1 aliphatic heterocycles. The summed E-state index contributed by atoms with van der Waals surface area (Å²) in [5, 5.41) is 5.19. The Bertz CT molecular complexity index is 941. The Labute approximate surface area is 168 Å². The Morgan fingerprint density at radius 1 is 1.33 bits per heavy atom. The van der Waals surface area contributed by atoms with E-state index in [9.17, 15) is 13.2 Å². The molecular formula is C18H22ClN3O3S2. The quantitative estimate of drug-likeness (QED) is 0.768. The zero-order chi connectivity index (χ0) is 19.6. The average Bonchev–Trinajstić information content (AvgIpc) is 3.09. The van der Waals surface area contributed by atoms with Gasteiger partial charge < -0.3 is 5.32 Å². The van der Waals surface area contributed by atoms with Gasteiger partial charge in [0.25, 0.3) is 5.91 Å². The fourth-order valence-corrected chi connectivity index (χ4v) is 4.99. The lowest BCUT2D eigenvalue weighted by Gasteiger charge is -2.26. The second-order valence-electron chi connectivity index (χ2n) is 6.58. The molecule has 27 heavy (non-hydrogen) atoms. The van der Waals surface area contributed by atoms with Gasteiger partial charge in [0, 0.05) is 45.2 Å². The minimum atomic E-state index is -3.62. The summed E-state index contributed by atoms with van der Waals surface area (Å²) in [4.78, 5) is 16.3. The standard InChI is InChI=1S/C18H22ClN3O3S2/c1-21(2)27(24,25)14-3-4-16(19)15(11-14)18(23)20-7-9-22-8-5-17-13(12-22)6-10-26-17/h3-4,6,10-11H,5,7-9,12H2,1-2H3,(H,20,23). The number of hydrogen-bond donors (Lipinski definition) is 1. The number of nitrogens with one attached hydrogen (secondary N) is 1. The topological polar surface area (TPSA) is 69.7 Å². The Morgan fingerprint density at radius 3 is 2.85 bits per heavy atom. The summed E-state index contributed by atoms with van der Waals surface area (Å²) in [6, 6.07) is 6.32. The fraction of sp³-hybridized carbons (Fsp3) is 0.389. The molecule has 0 fully saturated rings. The van der Waals surface area contributed by atoms with Gasteiger partial charge in [-0.05, 0) is 41.6 Å². The molecule has 0 saturated carbocycles. The lowest BCUT2D eigenvalue weighted by molar-refractivity contribution is 0.0947. The van der Waals surface area contributed by atoms with Crippen molar-refractivity contribution in [3.63, 3.8) is 0 Å². The molecule has 0 atom stereocenters. The molecule has 0 radical (unpaired) electrons. The van der Waals surface area contributed by atoms with Crippen LogP contribution in [-0.2, 0) is 23.0 Å². The van der Waals surface area contributed by atoms with Crippen molar-refractivity contribution in [2.45, 2.75) is 17.9 Å². The molecule has 6 nitrogen and oxygen atoms in total. The van der Waals surface area contributed by atoms with Gasteiger partial charge in [0.2, 0.25) is 10.0 Å². The molecule has 0 bridgehead atoms. The summed E-state index contributed by atoms with van der Waals surface area (Å²) < 4.78 is 25.6. The number of amides is 1. The van der Waals surface area contributed by atoms with Crippen molar-refractivity contribution in [3.8, 4) is 0 Å². The maximum atomic E-state index is 12.5. The predicted molar refractivity (Wildman–Crippen MR) is 108 cm³/mol. The molecule has 0 spiro atoms. The summed E-state index contributed by atoms with van der Waals surface area (Å²) in [5.41, 5.74) is 1.53. The number of benzene rings is 1. The molecule has 0 unspecified atom stereocenters. The van der Waals surface area contributed by atoms with Crippen molar-refractivity contribution in [1.82, 2.24) is 14.5 Å². The molecule has 2 aromatic rings. The molecule has 1 aromatic heterocycles. The monoisotopic (exact) mass is 427 g/mol. The molecule has 3 rings (SSSR count). The summed E-state index contributed by atoms with van der Waals surface area (Å²) in [6.07, 6.45) is 1.04. The number of thiophene rings is 1. The van der Waals surface area contributed by atoms with Gasteiger partial charge in [-0.2, -0.15) is 0 Å². The van der Waals surface area contributed by atoms with E-state index in [4.69, 9.17) is 11.6 Å². The lowest BCUT2D eigenvalue weighted by Crippen LogP contribution is -2.37. The van der Waals surface area contributed by atoms with Crippen molar-refractivity contribution in [2.24, 2.45) is 0 Å². The van der Waals surface area contributed by atoms with Crippen LogP contribution in [0.15, 0.2) is 34.5 Å². The Morgan fingerprint density at radius 2 is 2.11 bits per heavy atom. The van der Waals surface area contributed by atoms with Crippen LogP contribution in [0.2, 0.25) is 5.02 Å². The minimum absolute atomic E-state index is 0.0445. The second kappa shape index (κ2) is 8.28. The highest BCUT2D eigenvalue weighted by molar-refractivity contribution is 7.89. The van der Waals surface area contributed by atoms with E-state index in [1.807, 2.05) is 0 Å². The highest BCUT2D eigenvalue weighted by atomic mass is 35.5. The first-order valence-electron chi connectivity index (χ1n) is 8.57. The van der Waals surface area contributed by atoms with Crippen LogP contribution in [0.4, 0.5) is 0 Å². The Kier molecular flexibility index (Phi) is 6.22. The molecule has 1 amide bonds. The molecule has 0 aliphatic carbocycles. The van der Waals surface area contributed by atoms with Crippen LogP contribution in [0, 0.1) is 0 Å². The van der Waals surface area contributed by atoms with Crippen LogP contribution in [0.1, 0.15) is 20.8 Å². The van der Waals surface area contributed by atoms with Crippen molar-refractivity contribution in [2.75, 3.05) is 33.7 Å². The van der Waals surface area contributed by atoms with Crippen LogP contribution >= 0.6 is 22.9 Å². The first-order valence-corrected chi connectivity index (χ1v) is 11.3. The smallest absolute Gasteiger partial charge is 0.252 e. The normalized spacial score (nSPS) is 15.0. The van der Waals surface area contributed by atoms with E-state index in [0.717, 1.165) is 30.4 Å². The van der Waals surface area contributed by atoms with Crippen LogP contribution in [0.25, 0.3) is 0 Å². The van der Waals surface area contributed by atoms with Gasteiger partial charge in [-0.25, -0.2) is 12.7 Å². The van der Waals surface area contributed by atoms with E-state index in [0.29, 0.717) is 6.54 Å². The molecule has 1 aromatic carbocycles. The average molecular weight is 428 g/mol. The molecule has 1 aliphatic rings. The van der Waals surface area contributed by atoms with Gasteiger partial charge in [0.05, 0.1) is 15.5 Å². The summed E-state index contributed by atoms with van der Waals surface area (Å²) >= 11 is 7.91. The van der Waals surface area contributed by atoms with Gasteiger partial charge in [0.1, 0.15) is 0 Å². The number of hydrogen-bond acceptors (Lipinski definition) is 5. The van der Waals surface area contributed by atoms with Crippen molar-refractivity contribution in [1.29, 1.82) is 0 Å². The third kappa shape index (κ3) is 4.52. The third-order valence-corrected chi connectivity index (χ3v) is 7.73. The van der Waals surface area contributed by atoms with Crippen LogP contribution < -0.4 is 5.32 Å². The summed E-state index contributed by atoms with van der Waals surface area (Å²) in [6.45, 7) is 3.07. The lowest BCUT2D eigenvalue weighted by atomic mass is 10.1. The number of fused-ring (bicyclic) bond motifs is 1. The number of carbonyl (C=O) groups excluding carboxylic acids is 1. The van der Waals surface area contributed by atoms with Gasteiger partial charge in [-0.15, -0.1) is 11.3 Å². The van der Waals surface area contributed by atoms with Gasteiger partial charge >= 0.3 is 0 Å². The van der Waals surface area contributed by atoms with Gasteiger partial charge in [0.15, 0.2) is 0 Å². The maximum absolute atomic E-state index is 12.5. The third-order valence-electron chi connectivity index (χ3n) is 4.56. The molecule has 9 heteroatoms. The van der Waals surface area contributed by atoms with Crippen LogP contribution in [-0.4, -0.2) is 57.3 Å². The van der Waals surface area contributed by atoms with E-state index in [-0.39, 0.29) is 21.4 Å². The van der Waals surface area contributed by atoms with E-state index >= 15 is 0 Å². The first kappa shape index (κ1) is 20.3. The molecule has 0 saturated heterocycles. The molecule has 2 heterocycles. The predicted octanol–water partition coefficient (Wildman–Crippen LogP) is 2.44. The Hall–Kier alpha value is -1.45. The second-order valence-corrected chi connectivity index (χ2v) is 10.1. The van der Waals surface area contributed by atoms with E-state index < -0.39 is 10.0 Å². The van der Waals surface area contributed by atoms with E-state index in [1.54, 1.807) is 11.3 Å². The Balaban J connectivity index is 1.61. The van der Waals surface area contributed by atoms with E-state index in [2.05, 4.69) is 21.7 Å². The number of nitrogens with zero attached hydrogens (tertiary/aromatic N) is 2. The number of carbonyl (C=O) groups is 1. The first-order chi connectivity index (χ1) is 12.8. The molecule has 1 N–H and O–H groups in total. The zero-order valence-electron chi connectivity index (χ0n) is 15.2. The number of rotatable bonds is 6. The molecule has 146 valence electrons. The summed E-state index contributed by atoms with van der Waals surface area (Å²) in [7, 11) is -0.731. The summed E-state index contributed by atoms with van der Waals surface area (Å²) in [5.74, 6) is -0.371. The largest absolute Gasteiger partial charge is 0.351 e. The molecular weight excluding hydrogens is 406 g/mol. The van der Waals surface area contributed by atoms with Gasteiger partial charge in [-0.1, -0.05) is 11.6 Å². The highest BCUT2D eigenvalue weighted by Gasteiger charge is 2.21. The van der Waals surface area contributed by atoms with Crippen molar-refractivity contribution in [3.05, 3.63) is 50.7 Å². The zero-order valence-corrected chi connectivity index (χ0v) is 17.6. The van der Waals surface area contributed by atoms with Gasteiger partial charge in [-0.3, -0.25) is 9.69 Å². The highest BCUT2D eigenvalue weighted by Crippen LogP contribution is 2.24.